The van der Waals surface area contributed by atoms with Crippen molar-refractivity contribution < 1.29 is 9.84 Å². The summed E-state index contributed by atoms with van der Waals surface area (Å²) in [4.78, 5) is 0. The average Bonchev–Trinajstić information content (AvgIpc) is 2.02. The summed E-state index contributed by atoms with van der Waals surface area (Å²) in [6.07, 6.45) is -0.508. The SMILES string of the molecule is C[C@H](O)COc1ccc(Cl)cc1Cl. The third kappa shape index (κ3) is 3.43. The van der Waals surface area contributed by atoms with Gasteiger partial charge in [0.05, 0.1) is 11.1 Å². The Morgan fingerprint density at radius 3 is 2.69 bits per heavy atom. The van der Waals surface area contributed by atoms with Crippen molar-refractivity contribution in [1.29, 1.82) is 0 Å². The van der Waals surface area contributed by atoms with E-state index >= 15 is 0 Å². The smallest absolute Gasteiger partial charge is 0.138 e. The Kier molecular flexibility index (Phi) is 3.85. The monoisotopic (exact) mass is 220 g/mol. The molecular formula is C9H10Cl2O2. The van der Waals surface area contributed by atoms with Gasteiger partial charge in [-0.1, -0.05) is 23.2 Å². The second-order valence-corrected chi connectivity index (χ2v) is 3.58. The molecule has 0 aliphatic heterocycles. The van der Waals surface area contributed by atoms with Gasteiger partial charge in [0, 0.05) is 5.02 Å². The number of aliphatic hydroxyl groups is 1. The number of aliphatic hydroxyl groups excluding tert-OH is 1. The number of rotatable bonds is 3. The first-order valence-electron chi connectivity index (χ1n) is 3.85. The molecule has 1 aromatic rings. The van der Waals surface area contributed by atoms with Gasteiger partial charge in [-0.05, 0) is 25.1 Å². The molecule has 1 aromatic carbocycles. The predicted molar refractivity (Wildman–Crippen MR) is 53.6 cm³/mol. The molecule has 2 nitrogen and oxygen atoms in total. The molecule has 0 amide bonds. The zero-order valence-electron chi connectivity index (χ0n) is 7.13. The van der Waals surface area contributed by atoms with Gasteiger partial charge in [0.2, 0.25) is 0 Å². The molecule has 0 unspecified atom stereocenters. The molecule has 13 heavy (non-hydrogen) atoms. The molecule has 0 aliphatic rings. The Balaban J connectivity index is 2.67. The van der Waals surface area contributed by atoms with E-state index in [-0.39, 0.29) is 6.61 Å². The van der Waals surface area contributed by atoms with Gasteiger partial charge in [0.25, 0.3) is 0 Å². The maximum absolute atomic E-state index is 8.97. The molecule has 0 fully saturated rings. The first-order valence-corrected chi connectivity index (χ1v) is 4.61. The average molecular weight is 221 g/mol. The van der Waals surface area contributed by atoms with Gasteiger partial charge < -0.3 is 9.84 Å². The van der Waals surface area contributed by atoms with E-state index in [0.717, 1.165) is 0 Å². The molecule has 0 aromatic heterocycles. The summed E-state index contributed by atoms with van der Waals surface area (Å²) in [5.41, 5.74) is 0. The van der Waals surface area contributed by atoms with Crippen molar-refractivity contribution in [3.05, 3.63) is 28.2 Å². The highest BCUT2D eigenvalue weighted by molar-refractivity contribution is 6.35. The number of ether oxygens (including phenoxy) is 1. The Morgan fingerprint density at radius 2 is 2.15 bits per heavy atom. The quantitative estimate of drug-likeness (QED) is 0.850. The lowest BCUT2D eigenvalue weighted by Crippen LogP contribution is -2.12. The first-order chi connectivity index (χ1) is 6.09. The van der Waals surface area contributed by atoms with Crippen LogP contribution in [0.25, 0.3) is 0 Å². The fourth-order valence-corrected chi connectivity index (χ4v) is 1.27. The maximum atomic E-state index is 8.97. The number of hydrogen-bond acceptors (Lipinski definition) is 2. The van der Waals surface area contributed by atoms with Crippen LogP contribution in [0, 0.1) is 0 Å². The van der Waals surface area contributed by atoms with Crippen molar-refractivity contribution in [2.75, 3.05) is 6.61 Å². The molecule has 0 aliphatic carbocycles. The molecule has 0 heterocycles. The summed E-state index contributed by atoms with van der Waals surface area (Å²) in [7, 11) is 0. The minimum Gasteiger partial charge on any atom is -0.489 e. The van der Waals surface area contributed by atoms with Gasteiger partial charge in [-0.15, -0.1) is 0 Å². The standard InChI is InChI=1S/C9H10Cl2O2/c1-6(12)5-13-9-3-2-7(10)4-8(9)11/h2-4,6,12H,5H2,1H3/t6-/m0/s1. The second kappa shape index (κ2) is 4.70. The van der Waals surface area contributed by atoms with Crippen LogP contribution in [0.15, 0.2) is 18.2 Å². The third-order valence-corrected chi connectivity index (χ3v) is 1.90. The number of halogens is 2. The van der Waals surface area contributed by atoms with Gasteiger partial charge >= 0.3 is 0 Å². The first kappa shape index (κ1) is 10.6. The van der Waals surface area contributed by atoms with Crippen LogP contribution < -0.4 is 4.74 Å². The van der Waals surface area contributed by atoms with Crippen molar-refractivity contribution in [3.8, 4) is 5.75 Å². The van der Waals surface area contributed by atoms with E-state index in [1.165, 1.54) is 0 Å². The minimum absolute atomic E-state index is 0.224. The Hall–Kier alpha value is -0.440. The van der Waals surface area contributed by atoms with Gasteiger partial charge in [-0.3, -0.25) is 0 Å². The van der Waals surface area contributed by atoms with Crippen molar-refractivity contribution >= 4 is 23.2 Å². The third-order valence-electron chi connectivity index (χ3n) is 1.37. The van der Waals surface area contributed by atoms with Crippen LogP contribution >= 0.6 is 23.2 Å². The highest BCUT2D eigenvalue weighted by Gasteiger charge is 2.03. The summed E-state index contributed by atoms with van der Waals surface area (Å²) in [5, 5.41) is 9.98. The normalized spacial score (nSPS) is 12.6. The van der Waals surface area contributed by atoms with Crippen LogP contribution in [-0.2, 0) is 0 Å². The van der Waals surface area contributed by atoms with E-state index in [1.54, 1.807) is 25.1 Å². The van der Waals surface area contributed by atoms with Gasteiger partial charge in [0.1, 0.15) is 12.4 Å². The van der Waals surface area contributed by atoms with Crippen molar-refractivity contribution in [3.63, 3.8) is 0 Å². The molecule has 0 saturated carbocycles. The molecule has 0 saturated heterocycles. The van der Waals surface area contributed by atoms with E-state index in [0.29, 0.717) is 15.8 Å². The fourth-order valence-electron chi connectivity index (χ4n) is 0.803. The number of benzene rings is 1. The molecule has 1 rings (SSSR count). The zero-order chi connectivity index (χ0) is 9.84. The van der Waals surface area contributed by atoms with E-state index in [9.17, 15) is 0 Å². The van der Waals surface area contributed by atoms with Crippen LogP contribution in [0.4, 0.5) is 0 Å². The summed E-state index contributed by atoms with van der Waals surface area (Å²) >= 11 is 11.5. The zero-order valence-corrected chi connectivity index (χ0v) is 8.64. The van der Waals surface area contributed by atoms with Crippen molar-refractivity contribution in [2.45, 2.75) is 13.0 Å². The van der Waals surface area contributed by atoms with Crippen LogP contribution in [0.1, 0.15) is 6.92 Å². The molecule has 0 radical (unpaired) electrons. The fraction of sp³-hybridized carbons (Fsp3) is 0.333. The lowest BCUT2D eigenvalue weighted by atomic mass is 10.3. The molecule has 1 N–H and O–H groups in total. The largest absolute Gasteiger partial charge is 0.489 e. The van der Waals surface area contributed by atoms with Gasteiger partial charge in [-0.2, -0.15) is 0 Å². The predicted octanol–water partition coefficient (Wildman–Crippen LogP) is 2.75. The second-order valence-electron chi connectivity index (χ2n) is 2.73. The Morgan fingerprint density at radius 1 is 1.46 bits per heavy atom. The number of hydrogen-bond donors (Lipinski definition) is 1. The molecule has 0 bridgehead atoms. The van der Waals surface area contributed by atoms with E-state index < -0.39 is 6.10 Å². The highest BCUT2D eigenvalue weighted by Crippen LogP contribution is 2.27. The summed E-state index contributed by atoms with van der Waals surface area (Å²) < 4.78 is 5.21. The lowest BCUT2D eigenvalue weighted by molar-refractivity contribution is 0.123. The van der Waals surface area contributed by atoms with Crippen LogP contribution in [0.2, 0.25) is 10.0 Å². The lowest BCUT2D eigenvalue weighted by Gasteiger charge is -2.09. The van der Waals surface area contributed by atoms with E-state index in [2.05, 4.69) is 0 Å². The van der Waals surface area contributed by atoms with E-state index in [4.69, 9.17) is 33.0 Å². The summed E-state index contributed by atoms with van der Waals surface area (Å²) in [5.74, 6) is 0.534. The highest BCUT2D eigenvalue weighted by atomic mass is 35.5. The van der Waals surface area contributed by atoms with Crippen molar-refractivity contribution in [2.24, 2.45) is 0 Å². The van der Waals surface area contributed by atoms with Crippen LogP contribution in [0.5, 0.6) is 5.75 Å². The molecule has 4 heteroatoms. The maximum Gasteiger partial charge on any atom is 0.138 e. The summed E-state index contributed by atoms with van der Waals surface area (Å²) in [6.45, 7) is 1.87. The van der Waals surface area contributed by atoms with Crippen LogP contribution in [0.3, 0.4) is 0 Å². The van der Waals surface area contributed by atoms with Crippen molar-refractivity contribution in [1.82, 2.24) is 0 Å². The molecule has 72 valence electrons. The minimum atomic E-state index is -0.508. The topological polar surface area (TPSA) is 29.5 Å². The van der Waals surface area contributed by atoms with Gasteiger partial charge in [-0.25, -0.2) is 0 Å². The molecular weight excluding hydrogens is 211 g/mol. The van der Waals surface area contributed by atoms with E-state index in [1.807, 2.05) is 0 Å². The van der Waals surface area contributed by atoms with Gasteiger partial charge in [0.15, 0.2) is 0 Å². The molecule has 0 spiro atoms. The molecule has 1 atom stereocenters. The van der Waals surface area contributed by atoms with Crippen LogP contribution in [-0.4, -0.2) is 17.8 Å². The Labute approximate surface area is 87.0 Å². The summed E-state index contributed by atoms with van der Waals surface area (Å²) in [6, 6.07) is 4.96. The Bertz CT molecular complexity index is 287.